The lowest BCUT2D eigenvalue weighted by molar-refractivity contribution is -0.121. The molecule has 2 atom stereocenters. The van der Waals surface area contributed by atoms with Crippen LogP contribution in [0.4, 0.5) is 0 Å². The van der Waals surface area contributed by atoms with Gasteiger partial charge in [0.05, 0.1) is 5.39 Å². The second-order valence-corrected chi connectivity index (χ2v) is 9.07. The van der Waals surface area contributed by atoms with Crippen LogP contribution in [-0.2, 0) is 11.2 Å². The fourth-order valence-corrected chi connectivity index (χ4v) is 4.80. The summed E-state index contributed by atoms with van der Waals surface area (Å²) < 4.78 is 0. The van der Waals surface area contributed by atoms with Crippen LogP contribution in [0.25, 0.3) is 10.2 Å². The number of fused-ring (bicyclic) bond motifs is 1. The molecule has 148 valence electrons. The number of likely N-dealkylation sites (tertiary alicyclic amines) is 1. The Morgan fingerprint density at radius 3 is 2.96 bits per heavy atom. The Morgan fingerprint density at radius 1 is 1.44 bits per heavy atom. The van der Waals surface area contributed by atoms with E-state index in [1.165, 1.54) is 24.2 Å². The van der Waals surface area contributed by atoms with Gasteiger partial charge >= 0.3 is 0 Å². The summed E-state index contributed by atoms with van der Waals surface area (Å²) in [5.74, 6) is 1.33. The van der Waals surface area contributed by atoms with E-state index >= 15 is 0 Å². The number of thiophene rings is 1. The van der Waals surface area contributed by atoms with Crippen molar-refractivity contribution in [2.24, 2.45) is 5.92 Å². The lowest BCUT2D eigenvalue weighted by Gasteiger charge is -2.35. The van der Waals surface area contributed by atoms with Crippen molar-refractivity contribution in [2.45, 2.75) is 59.4 Å². The molecular weight excluding hydrogens is 360 g/mol. The first-order valence-electron chi connectivity index (χ1n) is 9.84. The standard InChI is InChI=1S/C20H30N4O2S/c1-12-6-5-9-24(11-12)13(2)10-21-17(25)8-7-16-22-19(26)18-14(3)15(4)27-20(18)23-16/h12-13H,5-11H2,1-4H3,(H,21,25)(H,22,23,26). The predicted molar refractivity (Wildman–Crippen MR) is 110 cm³/mol. The Kier molecular flexibility index (Phi) is 6.32. The Labute approximate surface area is 164 Å². The van der Waals surface area contributed by atoms with Crippen LogP contribution in [0.3, 0.4) is 0 Å². The Morgan fingerprint density at radius 2 is 2.22 bits per heavy atom. The number of nitrogens with one attached hydrogen (secondary N) is 2. The molecule has 0 radical (unpaired) electrons. The van der Waals surface area contributed by atoms with Crippen LogP contribution < -0.4 is 10.9 Å². The average Bonchev–Trinajstić information content (AvgIpc) is 2.92. The molecule has 2 unspecified atom stereocenters. The quantitative estimate of drug-likeness (QED) is 0.795. The summed E-state index contributed by atoms with van der Waals surface area (Å²) in [7, 11) is 0. The molecule has 7 heteroatoms. The Hall–Kier alpha value is -1.73. The van der Waals surface area contributed by atoms with Crippen LogP contribution in [0.15, 0.2) is 4.79 Å². The average molecular weight is 391 g/mol. The minimum atomic E-state index is -0.106. The van der Waals surface area contributed by atoms with Crippen LogP contribution in [0.5, 0.6) is 0 Å². The van der Waals surface area contributed by atoms with Crippen molar-refractivity contribution in [3.05, 3.63) is 26.6 Å². The van der Waals surface area contributed by atoms with E-state index < -0.39 is 0 Å². The maximum atomic E-state index is 12.3. The summed E-state index contributed by atoms with van der Waals surface area (Å²) in [5.41, 5.74) is 0.888. The molecular formula is C20H30N4O2S. The maximum Gasteiger partial charge on any atom is 0.259 e. The number of carbonyl (C=O) groups is 1. The molecule has 0 aliphatic carbocycles. The summed E-state index contributed by atoms with van der Waals surface area (Å²) in [5, 5.41) is 3.71. The third-order valence-electron chi connectivity index (χ3n) is 5.58. The molecule has 2 aromatic rings. The zero-order chi connectivity index (χ0) is 19.6. The normalized spacial score (nSPS) is 19.3. The second-order valence-electron chi connectivity index (χ2n) is 7.87. The molecule has 27 heavy (non-hydrogen) atoms. The molecule has 3 rings (SSSR count). The van der Waals surface area contributed by atoms with Gasteiger partial charge in [-0.25, -0.2) is 4.98 Å². The van der Waals surface area contributed by atoms with E-state index in [4.69, 9.17) is 0 Å². The van der Waals surface area contributed by atoms with Crippen molar-refractivity contribution in [2.75, 3.05) is 19.6 Å². The van der Waals surface area contributed by atoms with Gasteiger partial charge in [0, 0.05) is 36.9 Å². The van der Waals surface area contributed by atoms with Gasteiger partial charge < -0.3 is 10.3 Å². The van der Waals surface area contributed by atoms with Gasteiger partial charge in [0.1, 0.15) is 10.7 Å². The van der Waals surface area contributed by atoms with Crippen molar-refractivity contribution >= 4 is 27.5 Å². The van der Waals surface area contributed by atoms with Crippen molar-refractivity contribution in [1.29, 1.82) is 0 Å². The first-order chi connectivity index (χ1) is 12.8. The molecule has 3 heterocycles. The SMILES string of the molecule is Cc1sc2nc(CCC(=O)NCC(C)N3CCCC(C)C3)[nH]c(=O)c2c1C. The van der Waals surface area contributed by atoms with Gasteiger partial charge in [-0.15, -0.1) is 11.3 Å². The van der Waals surface area contributed by atoms with E-state index in [-0.39, 0.29) is 11.5 Å². The summed E-state index contributed by atoms with van der Waals surface area (Å²) in [4.78, 5) is 36.2. The van der Waals surface area contributed by atoms with Crippen LogP contribution in [0.2, 0.25) is 0 Å². The van der Waals surface area contributed by atoms with Crippen molar-refractivity contribution in [1.82, 2.24) is 20.2 Å². The second kappa shape index (κ2) is 8.52. The topological polar surface area (TPSA) is 78.1 Å². The third kappa shape index (κ3) is 4.76. The highest BCUT2D eigenvalue weighted by Crippen LogP contribution is 2.25. The van der Waals surface area contributed by atoms with Gasteiger partial charge in [-0.05, 0) is 51.6 Å². The largest absolute Gasteiger partial charge is 0.355 e. The number of H-pyrrole nitrogens is 1. The number of hydrogen-bond donors (Lipinski definition) is 2. The highest BCUT2D eigenvalue weighted by atomic mass is 32.1. The Balaban J connectivity index is 1.52. The zero-order valence-electron chi connectivity index (χ0n) is 16.7. The molecule has 0 saturated carbocycles. The van der Waals surface area contributed by atoms with Crippen molar-refractivity contribution in [3.63, 3.8) is 0 Å². The van der Waals surface area contributed by atoms with Gasteiger partial charge in [0.25, 0.3) is 5.56 Å². The number of aryl methyl sites for hydroxylation is 3. The number of amides is 1. The van der Waals surface area contributed by atoms with E-state index in [1.807, 2.05) is 13.8 Å². The first-order valence-corrected chi connectivity index (χ1v) is 10.7. The van der Waals surface area contributed by atoms with Crippen LogP contribution in [0.1, 0.15) is 49.4 Å². The molecule has 0 bridgehead atoms. The molecule has 1 saturated heterocycles. The van der Waals surface area contributed by atoms with Gasteiger partial charge in [0.2, 0.25) is 5.91 Å². The third-order valence-corrected chi connectivity index (χ3v) is 6.68. The monoisotopic (exact) mass is 390 g/mol. The number of rotatable bonds is 6. The van der Waals surface area contributed by atoms with Gasteiger partial charge in [-0.2, -0.15) is 0 Å². The number of aromatic amines is 1. The predicted octanol–water partition coefficient (Wildman–Crippen LogP) is 2.77. The molecule has 0 spiro atoms. The van der Waals surface area contributed by atoms with Crippen LogP contribution in [0, 0.1) is 19.8 Å². The van der Waals surface area contributed by atoms with E-state index in [0.717, 1.165) is 34.3 Å². The molecule has 1 aliphatic rings. The van der Waals surface area contributed by atoms with E-state index in [0.29, 0.717) is 36.6 Å². The van der Waals surface area contributed by atoms with Crippen molar-refractivity contribution in [3.8, 4) is 0 Å². The summed E-state index contributed by atoms with van der Waals surface area (Å²) in [6.07, 6.45) is 3.32. The highest BCUT2D eigenvalue weighted by molar-refractivity contribution is 7.18. The number of aromatic nitrogens is 2. The molecule has 1 fully saturated rings. The van der Waals surface area contributed by atoms with E-state index in [9.17, 15) is 9.59 Å². The molecule has 1 amide bonds. The van der Waals surface area contributed by atoms with E-state index in [2.05, 4.69) is 34.0 Å². The Bertz CT molecular complexity index is 873. The summed E-state index contributed by atoms with van der Waals surface area (Å²) >= 11 is 1.53. The minimum Gasteiger partial charge on any atom is -0.355 e. The fraction of sp³-hybridized carbons (Fsp3) is 0.650. The molecule has 1 aliphatic heterocycles. The van der Waals surface area contributed by atoms with Gasteiger partial charge in [-0.3, -0.25) is 14.5 Å². The number of hydrogen-bond acceptors (Lipinski definition) is 5. The van der Waals surface area contributed by atoms with Crippen LogP contribution in [-0.4, -0.2) is 46.5 Å². The zero-order valence-corrected chi connectivity index (χ0v) is 17.5. The fourth-order valence-electron chi connectivity index (χ4n) is 3.75. The number of nitrogens with zero attached hydrogens (tertiary/aromatic N) is 2. The maximum absolute atomic E-state index is 12.3. The molecule has 0 aromatic carbocycles. The van der Waals surface area contributed by atoms with Crippen LogP contribution >= 0.6 is 11.3 Å². The smallest absolute Gasteiger partial charge is 0.259 e. The molecule has 6 nitrogen and oxygen atoms in total. The summed E-state index contributed by atoms with van der Waals surface area (Å²) in [6.45, 7) is 11.3. The van der Waals surface area contributed by atoms with E-state index in [1.54, 1.807) is 0 Å². The number of carbonyl (C=O) groups excluding carboxylic acids is 1. The first kappa shape index (κ1) is 20.0. The molecule has 2 aromatic heterocycles. The highest BCUT2D eigenvalue weighted by Gasteiger charge is 2.21. The lowest BCUT2D eigenvalue weighted by atomic mass is 9.99. The van der Waals surface area contributed by atoms with Crippen molar-refractivity contribution < 1.29 is 4.79 Å². The molecule has 2 N–H and O–H groups in total. The number of piperidine rings is 1. The lowest BCUT2D eigenvalue weighted by Crippen LogP contribution is -2.46. The summed E-state index contributed by atoms with van der Waals surface area (Å²) in [6, 6.07) is 0.350. The van der Waals surface area contributed by atoms with Gasteiger partial charge in [0.15, 0.2) is 0 Å². The minimum absolute atomic E-state index is 0.00759. The van der Waals surface area contributed by atoms with Gasteiger partial charge in [-0.1, -0.05) is 6.92 Å².